The molecule has 4 nitrogen and oxygen atoms in total. The van der Waals surface area contributed by atoms with Gasteiger partial charge in [0.15, 0.2) is 11.5 Å². The van der Waals surface area contributed by atoms with Gasteiger partial charge in [0.05, 0.1) is 0 Å². The van der Waals surface area contributed by atoms with E-state index in [1.165, 1.54) is 0 Å². The minimum Gasteiger partial charge on any atom is -0.454 e. The van der Waals surface area contributed by atoms with Gasteiger partial charge in [0, 0.05) is 12.1 Å². The first kappa shape index (κ1) is 11.0. The van der Waals surface area contributed by atoms with Gasteiger partial charge in [0.2, 0.25) is 6.79 Å². The van der Waals surface area contributed by atoms with Crippen molar-refractivity contribution in [3.8, 4) is 11.5 Å². The molecule has 1 heterocycles. The predicted octanol–water partition coefficient (Wildman–Crippen LogP) is 1.33. The molecule has 0 unspecified atom stereocenters. The van der Waals surface area contributed by atoms with E-state index in [-0.39, 0.29) is 6.79 Å². The lowest BCUT2D eigenvalue weighted by atomic mass is 10.0. The van der Waals surface area contributed by atoms with Crippen molar-refractivity contribution < 1.29 is 14.3 Å². The van der Waals surface area contributed by atoms with Gasteiger partial charge in [0.1, 0.15) is 6.29 Å². The van der Waals surface area contributed by atoms with Crippen LogP contribution in [0.2, 0.25) is 0 Å². The lowest BCUT2D eigenvalue weighted by molar-refractivity contribution is 0.112. The smallest absolute Gasteiger partial charge is 0.231 e. The molecule has 1 aromatic rings. The molecule has 2 rings (SSSR count). The summed E-state index contributed by atoms with van der Waals surface area (Å²) in [6, 6.07) is 3.65. The van der Waals surface area contributed by atoms with Crippen LogP contribution in [0.3, 0.4) is 0 Å². The van der Waals surface area contributed by atoms with Crippen molar-refractivity contribution in [1.29, 1.82) is 0 Å². The maximum Gasteiger partial charge on any atom is 0.231 e. The zero-order chi connectivity index (χ0) is 11.5. The van der Waals surface area contributed by atoms with Gasteiger partial charge in [-0.15, -0.1) is 0 Å². The normalized spacial score (nSPS) is 13.2. The van der Waals surface area contributed by atoms with Gasteiger partial charge < -0.3 is 14.4 Å². The van der Waals surface area contributed by atoms with Crippen LogP contribution in [0.4, 0.5) is 0 Å². The minimum atomic E-state index is 0.241. The SMILES string of the molecule is CN(C)CCc1cc2c(cc1C=O)OCO2. The van der Waals surface area contributed by atoms with Gasteiger partial charge in [-0.1, -0.05) is 0 Å². The number of fused-ring (bicyclic) bond motifs is 1. The van der Waals surface area contributed by atoms with Crippen molar-refractivity contribution in [2.24, 2.45) is 0 Å². The summed E-state index contributed by atoms with van der Waals surface area (Å²) in [5, 5.41) is 0. The Bertz CT molecular complexity index is 401. The van der Waals surface area contributed by atoms with Crippen LogP contribution in [-0.4, -0.2) is 38.6 Å². The number of hydrogen-bond donors (Lipinski definition) is 0. The summed E-state index contributed by atoms with van der Waals surface area (Å²) in [5.74, 6) is 1.40. The largest absolute Gasteiger partial charge is 0.454 e. The van der Waals surface area contributed by atoms with E-state index in [0.29, 0.717) is 11.3 Å². The summed E-state index contributed by atoms with van der Waals surface area (Å²) in [6.45, 7) is 1.14. The molecule has 0 radical (unpaired) electrons. The number of ether oxygens (including phenoxy) is 2. The Morgan fingerprint density at radius 2 is 2.00 bits per heavy atom. The van der Waals surface area contributed by atoms with Crippen molar-refractivity contribution in [3.05, 3.63) is 23.3 Å². The third kappa shape index (κ3) is 2.17. The molecule has 0 spiro atoms. The van der Waals surface area contributed by atoms with E-state index < -0.39 is 0 Å². The van der Waals surface area contributed by atoms with Crippen LogP contribution in [0.15, 0.2) is 12.1 Å². The first-order chi connectivity index (χ1) is 7.70. The van der Waals surface area contributed by atoms with E-state index in [4.69, 9.17) is 9.47 Å². The standard InChI is InChI=1S/C12H15NO3/c1-13(2)4-3-9-5-11-12(16-8-15-11)6-10(9)7-14/h5-7H,3-4,8H2,1-2H3. The molecule has 1 aliphatic rings. The molecule has 86 valence electrons. The Morgan fingerprint density at radius 3 is 2.62 bits per heavy atom. The highest BCUT2D eigenvalue weighted by Crippen LogP contribution is 2.34. The van der Waals surface area contributed by atoms with E-state index in [9.17, 15) is 4.79 Å². The van der Waals surface area contributed by atoms with E-state index in [2.05, 4.69) is 4.90 Å². The van der Waals surface area contributed by atoms with Crippen molar-refractivity contribution in [3.63, 3.8) is 0 Å². The Balaban J connectivity index is 2.25. The average Bonchev–Trinajstić information content (AvgIpc) is 2.71. The van der Waals surface area contributed by atoms with Crippen molar-refractivity contribution in [2.75, 3.05) is 27.4 Å². The maximum absolute atomic E-state index is 11.0. The summed E-state index contributed by atoms with van der Waals surface area (Å²) in [7, 11) is 4.02. The second-order valence-electron chi connectivity index (χ2n) is 4.08. The first-order valence-electron chi connectivity index (χ1n) is 5.23. The molecule has 1 aliphatic heterocycles. The second kappa shape index (κ2) is 4.53. The van der Waals surface area contributed by atoms with Crippen LogP contribution in [-0.2, 0) is 6.42 Å². The van der Waals surface area contributed by atoms with Crippen LogP contribution < -0.4 is 9.47 Å². The fourth-order valence-electron chi connectivity index (χ4n) is 1.67. The number of carbonyl (C=O) groups is 1. The Morgan fingerprint density at radius 1 is 1.31 bits per heavy atom. The monoisotopic (exact) mass is 221 g/mol. The number of carbonyl (C=O) groups excluding carboxylic acids is 1. The van der Waals surface area contributed by atoms with Crippen LogP contribution in [0, 0.1) is 0 Å². The van der Waals surface area contributed by atoms with Gasteiger partial charge in [0.25, 0.3) is 0 Å². The highest BCUT2D eigenvalue weighted by atomic mass is 16.7. The topological polar surface area (TPSA) is 38.8 Å². The molecule has 0 atom stereocenters. The molecule has 0 bridgehead atoms. The molecule has 0 fully saturated rings. The number of rotatable bonds is 4. The Labute approximate surface area is 94.8 Å². The fourth-order valence-corrected chi connectivity index (χ4v) is 1.67. The first-order valence-corrected chi connectivity index (χ1v) is 5.23. The molecule has 0 aliphatic carbocycles. The van der Waals surface area contributed by atoms with Gasteiger partial charge in [-0.2, -0.15) is 0 Å². The number of likely N-dealkylation sites (N-methyl/N-ethyl adjacent to an activating group) is 1. The molecule has 0 N–H and O–H groups in total. The second-order valence-corrected chi connectivity index (χ2v) is 4.08. The van der Waals surface area contributed by atoms with Crippen molar-refractivity contribution in [1.82, 2.24) is 4.90 Å². The number of hydrogen-bond acceptors (Lipinski definition) is 4. The van der Waals surface area contributed by atoms with Gasteiger partial charge in [-0.25, -0.2) is 0 Å². The molecule has 4 heteroatoms. The molecule has 1 aromatic carbocycles. The summed E-state index contributed by atoms with van der Waals surface area (Å²) >= 11 is 0. The third-order valence-corrected chi connectivity index (χ3v) is 2.59. The van der Waals surface area contributed by atoms with Crippen molar-refractivity contribution >= 4 is 6.29 Å². The van der Waals surface area contributed by atoms with Crippen LogP contribution in [0.5, 0.6) is 11.5 Å². The minimum absolute atomic E-state index is 0.241. The summed E-state index contributed by atoms with van der Waals surface area (Å²) in [6.07, 6.45) is 1.70. The van der Waals surface area contributed by atoms with Crippen LogP contribution in [0.25, 0.3) is 0 Å². The Kier molecular flexibility index (Phi) is 3.10. The predicted molar refractivity (Wildman–Crippen MR) is 60.2 cm³/mol. The fraction of sp³-hybridized carbons (Fsp3) is 0.417. The summed E-state index contributed by atoms with van der Waals surface area (Å²) < 4.78 is 10.5. The van der Waals surface area contributed by atoms with Crippen LogP contribution in [0.1, 0.15) is 15.9 Å². The zero-order valence-electron chi connectivity index (χ0n) is 9.53. The molecule has 0 saturated carbocycles. The van der Waals surface area contributed by atoms with E-state index in [0.717, 1.165) is 30.6 Å². The average molecular weight is 221 g/mol. The number of aldehydes is 1. The number of benzene rings is 1. The Hall–Kier alpha value is -1.55. The quantitative estimate of drug-likeness (QED) is 0.719. The summed E-state index contributed by atoms with van der Waals surface area (Å²) in [4.78, 5) is 13.0. The summed E-state index contributed by atoms with van der Waals surface area (Å²) in [5.41, 5.74) is 1.69. The van der Waals surface area contributed by atoms with Crippen molar-refractivity contribution in [2.45, 2.75) is 6.42 Å². The highest BCUT2D eigenvalue weighted by Gasteiger charge is 2.16. The zero-order valence-corrected chi connectivity index (χ0v) is 9.53. The molecule has 0 aromatic heterocycles. The molecule has 0 saturated heterocycles. The van der Waals surface area contributed by atoms with E-state index >= 15 is 0 Å². The van der Waals surface area contributed by atoms with Gasteiger partial charge in [-0.05, 0) is 38.2 Å². The molecule has 0 amide bonds. The lowest BCUT2D eigenvalue weighted by Gasteiger charge is -2.11. The molecular weight excluding hydrogens is 206 g/mol. The lowest BCUT2D eigenvalue weighted by Crippen LogP contribution is -2.15. The van der Waals surface area contributed by atoms with Gasteiger partial charge in [-0.3, -0.25) is 4.79 Å². The maximum atomic E-state index is 11.0. The number of nitrogens with zero attached hydrogens (tertiary/aromatic N) is 1. The highest BCUT2D eigenvalue weighted by molar-refractivity contribution is 5.79. The van der Waals surface area contributed by atoms with E-state index in [1.807, 2.05) is 20.2 Å². The molecule has 16 heavy (non-hydrogen) atoms. The molecular formula is C12H15NO3. The van der Waals surface area contributed by atoms with Crippen LogP contribution >= 0.6 is 0 Å². The van der Waals surface area contributed by atoms with E-state index in [1.54, 1.807) is 6.07 Å². The third-order valence-electron chi connectivity index (χ3n) is 2.59. The van der Waals surface area contributed by atoms with Gasteiger partial charge >= 0.3 is 0 Å².